The Morgan fingerprint density at radius 3 is 2.77 bits per heavy atom. The Balaban J connectivity index is 1.45. The summed E-state index contributed by atoms with van der Waals surface area (Å²) in [7, 11) is -3.78. The number of imidazole rings is 1. The van der Waals surface area contributed by atoms with Crippen molar-refractivity contribution in [3.63, 3.8) is 0 Å². The highest BCUT2D eigenvalue weighted by Gasteiger charge is 2.20. The summed E-state index contributed by atoms with van der Waals surface area (Å²) >= 11 is 0. The summed E-state index contributed by atoms with van der Waals surface area (Å²) in [6.45, 7) is 2.00. The average Bonchev–Trinajstić information content (AvgIpc) is 3.19. The van der Waals surface area contributed by atoms with E-state index < -0.39 is 10.0 Å². The van der Waals surface area contributed by atoms with Crippen molar-refractivity contribution in [2.75, 3.05) is 10.0 Å². The van der Waals surface area contributed by atoms with Crippen molar-refractivity contribution >= 4 is 33.0 Å². The van der Waals surface area contributed by atoms with E-state index in [1.165, 1.54) is 6.07 Å². The molecule has 7 nitrogen and oxygen atoms in total. The summed E-state index contributed by atoms with van der Waals surface area (Å²) in [6, 6.07) is 15.9. The summed E-state index contributed by atoms with van der Waals surface area (Å²) in [4.78, 5) is 16.4. The third-order valence-electron chi connectivity index (χ3n) is 5.37. The minimum atomic E-state index is -3.78. The smallest absolute Gasteiger partial charge is 0.261 e. The molecule has 0 radical (unpaired) electrons. The van der Waals surface area contributed by atoms with Crippen LogP contribution in [0.5, 0.6) is 0 Å². The Morgan fingerprint density at radius 2 is 1.94 bits per heavy atom. The first-order valence-electron chi connectivity index (χ1n) is 9.89. The predicted molar refractivity (Wildman–Crippen MR) is 120 cm³/mol. The molecule has 2 aromatic heterocycles. The number of sulfonamides is 1. The number of nitrogens with zero attached hydrogens (tertiary/aromatic N) is 2. The van der Waals surface area contributed by atoms with Crippen molar-refractivity contribution < 1.29 is 13.2 Å². The van der Waals surface area contributed by atoms with Crippen molar-refractivity contribution in [3.8, 4) is 11.3 Å². The van der Waals surface area contributed by atoms with Crippen LogP contribution in [-0.4, -0.2) is 23.7 Å². The fourth-order valence-corrected chi connectivity index (χ4v) is 4.88. The van der Waals surface area contributed by atoms with Crippen LogP contribution in [0.1, 0.15) is 17.5 Å². The first-order chi connectivity index (χ1) is 14.9. The molecule has 31 heavy (non-hydrogen) atoms. The largest absolute Gasteiger partial charge is 0.326 e. The summed E-state index contributed by atoms with van der Waals surface area (Å²) in [5.41, 5.74) is 5.45. The van der Waals surface area contributed by atoms with Crippen LogP contribution in [-0.2, 0) is 21.2 Å². The molecule has 0 aliphatic carbocycles. The normalized spacial score (nSPS) is 13.6. The van der Waals surface area contributed by atoms with Gasteiger partial charge < -0.3 is 9.72 Å². The number of aromatic nitrogens is 2. The molecule has 2 aromatic carbocycles. The third-order valence-corrected chi connectivity index (χ3v) is 6.75. The molecular weight excluding hydrogens is 412 g/mol. The van der Waals surface area contributed by atoms with Crippen LogP contribution in [0.25, 0.3) is 16.9 Å². The second-order valence-corrected chi connectivity index (χ2v) is 9.28. The zero-order valence-corrected chi connectivity index (χ0v) is 17.6. The van der Waals surface area contributed by atoms with Crippen LogP contribution in [0.15, 0.2) is 71.9 Å². The van der Waals surface area contributed by atoms with Crippen LogP contribution in [0, 0.1) is 6.92 Å². The van der Waals surface area contributed by atoms with Crippen LogP contribution >= 0.6 is 0 Å². The molecular formula is C23H20N4O3S. The van der Waals surface area contributed by atoms with Gasteiger partial charge in [0.2, 0.25) is 5.91 Å². The van der Waals surface area contributed by atoms with Gasteiger partial charge in [-0.2, -0.15) is 0 Å². The Bertz CT molecular complexity index is 1440. The van der Waals surface area contributed by atoms with Crippen LogP contribution < -0.4 is 10.0 Å². The van der Waals surface area contributed by atoms with Gasteiger partial charge in [-0.3, -0.25) is 9.52 Å². The van der Waals surface area contributed by atoms with Gasteiger partial charge >= 0.3 is 0 Å². The van der Waals surface area contributed by atoms with Gasteiger partial charge in [0.15, 0.2) is 0 Å². The zero-order chi connectivity index (χ0) is 21.6. The van der Waals surface area contributed by atoms with Gasteiger partial charge in [0.1, 0.15) is 5.65 Å². The van der Waals surface area contributed by atoms with Gasteiger partial charge in [0, 0.05) is 35.8 Å². The van der Waals surface area contributed by atoms with E-state index in [4.69, 9.17) is 0 Å². The number of anilines is 2. The molecule has 156 valence electrons. The minimum absolute atomic E-state index is 0.0554. The molecule has 0 spiro atoms. The predicted octanol–water partition coefficient (Wildman–Crippen LogP) is 4.00. The number of nitrogens with one attached hydrogen (secondary N) is 2. The Morgan fingerprint density at radius 1 is 1.06 bits per heavy atom. The molecule has 1 aliphatic heterocycles. The summed E-state index contributed by atoms with van der Waals surface area (Å²) in [6.07, 6.45) is 4.73. The summed E-state index contributed by atoms with van der Waals surface area (Å²) in [5.74, 6) is -0.0554. The van der Waals surface area contributed by atoms with E-state index in [9.17, 15) is 13.2 Å². The third kappa shape index (κ3) is 3.66. The maximum Gasteiger partial charge on any atom is 0.261 e. The first kappa shape index (κ1) is 19.3. The van der Waals surface area contributed by atoms with Gasteiger partial charge in [-0.15, -0.1) is 0 Å². The Kier molecular flexibility index (Phi) is 4.51. The van der Waals surface area contributed by atoms with Crippen LogP contribution in [0.3, 0.4) is 0 Å². The van der Waals surface area contributed by atoms with E-state index >= 15 is 0 Å². The molecule has 4 aromatic rings. The number of carbonyl (C=O) groups excluding carboxylic acids is 1. The number of fused-ring (bicyclic) bond motifs is 2. The summed E-state index contributed by atoms with van der Waals surface area (Å²) in [5, 5.41) is 2.77. The second-order valence-electron chi connectivity index (χ2n) is 7.60. The SMILES string of the molecule is Cc1cccn2cc(-c3cccc(NS(=O)(=O)c4ccc5c(c4)CCC(=O)N5)c3)nc12. The second kappa shape index (κ2) is 7.24. The van der Waals surface area contributed by atoms with Gasteiger partial charge in [-0.25, -0.2) is 13.4 Å². The minimum Gasteiger partial charge on any atom is -0.326 e. The molecule has 0 fully saturated rings. The fourth-order valence-electron chi connectivity index (χ4n) is 3.78. The highest BCUT2D eigenvalue weighted by Crippen LogP contribution is 2.28. The van der Waals surface area contributed by atoms with Crippen LogP contribution in [0.2, 0.25) is 0 Å². The zero-order valence-electron chi connectivity index (χ0n) is 16.8. The molecule has 2 N–H and O–H groups in total. The van der Waals surface area contributed by atoms with E-state index in [1.54, 1.807) is 30.3 Å². The standard InChI is InChI=1S/C23H20N4O3S/c1-15-4-3-11-27-14-21(25-23(15)27)16-5-2-6-18(12-16)26-31(29,30)19-8-9-20-17(13-19)7-10-22(28)24-20/h2-6,8-9,11-14,26H,7,10H2,1H3,(H,24,28). The van der Waals surface area contributed by atoms with Gasteiger partial charge in [-0.1, -0.05) is 18.2 Å². The monoisotopic (exact) mass is 432 g/mol. The van der Waals surface area contributed by atoms with Crippen molar-refractivity contribution in [3.05, 3.63) is 78.1 Å². The van der Waals surface area contributed by atoms with Crippen molar-refractivity contribution in [2.24, 2.45) is 0 Å². The highest BCUT2D eigenvalue weighted by molar-refractivity contribution is 7.92. The molecule has 5 rings (SSSR count). The van der Waals surface area contributed by atoms with Crippen LogP contribution in [0.4, 0.5) is 11.4 Å². The van der Waals surface area contributed by atoms with Gasteiger partial charge in [0.05, 0.1) is 10.6 Å². The molecule has 0 saturated heterocycles. The van der Waals surface area contributed by atoms with E-state index in [0.29, 0.717) is 24.2 Å². The quantitative estimate of drug-likeness (QED) is 0.510. The summed E-state index contributed by atoms with van der Waals surface area (Å²) < 4.78 is 30.5. The number of aryl methyl sites for hydroxylation is 2. The van der Waals surface area contributed by atoms with E-state index in [-0.39, 0.29) is 10.8 Å². The number of hydrogen-bond donors (Lipinski definition) is 2. The molecule has 8 heteroatoms. The highest BCUT2D eigenvalue weighted by atomic mass is 32.2. The average molecular weight is 433 g/mol. The topological polar surface area (TPSA) is 92.6 Å². The van der Waals surface area contributed by atoms with Crippen molar-refractivity contribution in [2.45, 2.75) is 24.7 Å². The molecule has 1 amide bonds. The van der Waals surface area contributed by atoms with E-state index in [0.717, 1.165) is 28.0 Å². The fraction of sp³-hybridized carbons (Fsp3) is 0.130. The first-order valence-corrected chi connectivity index (χ1v) is 11.4. The number of pyridine rings is 1. The molecule has 0 bridgehead atoms. The van der Waals surface area contributed by atoms with Crippen molar-refractivity contribution in [1.82, 2.24) is 9.38 Å². The van der Waals surface area contributed by atoms with E-state index in [1.807, 2.05) is 41.9 Å². The number of amides is 1. The Hall–Kier alpha value is -3.65. The lowest BCUT2D eigenvalue weighted by atomic mass is 10.0. The molecule has 1 aliphatic rings. The molecule has 0 unspecified atom stereocenters. The maximum atomic E-state index is 13.0. The lowest BCUT2D eigenvalue weighted by molar-refractivity contribution is -0.116. The number of benzene rings is 2. The number of carbonyl (C=O) groups is 1. The van der Waals surface area contributed by atoms with Gasteiger partial charge in [-0.05, 0) is 60.9 Å². The maximum absolute atomic E-state index is 13.0. The lowest BCUT2D eigenvalue weighted by Crippen LogP contribution is -2.20. The number of hydrogen-bond acceptors (Lipinski definition) is 4. The van der Waals surface area contributed by atoms with Crippen molar-refractivity contribution in [1.29, 1.82) is 0 Å². The van der Waals surface area contributed by atoms with E-state index in [2.05, 4.69) is 15.0 Å². The lowest BCUT2D eigenvalue weighted by Gasteiger charge is -2.18. The molecule has 3 heterocycles. The molecule has 0 atom stereocenters. The van der Waals surface area contributed by atoms with Gasteiger partial charge in [0.25, 0.3) is 10.0 Å². The number of rotatable bonds is 4. The Labute approximate surface area is 179 Å². The molecule has 0 saturated carbocycles.